The summed E-state index contributed by atoms with van der Waals surface area (Å²) in [7, 11) is 2.12. The maximum atomic E-state index is 4.83. The molecule has 0 saturated heterocycles. The van der Waals surface area contributed by atoms with Gasteiger partial charge in [-0.3, -0.25) is 0 Å². The Morgan fingerprint density at radius 3 is 2.76 bits per heavy atom. The van der Waals surface area contributed by atoms with Crippen LogP contribution in [0.4, 0.5) is 0 Å². The zero-order valence-electron chi connectivity index (χ0n) is 13.7. The van der Waals surface area contributed by atoms with Gasteiger partial charge in [-0.1, -0.05) is 38.8 Å². The van der Waals surface area contributed by atoms with Crippen LogP contribution in [0.25, 0.3) is 11.0 Å². The van der Waals surface area contributed by atoms with E-state index in [1.165, 1.54) is 31.2 Å². The average molecular weight is 285 g/mol. The van der Waals surface area contributed by atoms with Crippen molar-refractivity contribution in [3.63, 3.8) is 0 Å². The van der Waals surface area contributed by atoms with Crippen molar-refractivity contribution in [2.75, 3.05) is 0 Å². The van der Waals surface area contributed by atoms with Gasteiger partial charge in [0.2, 0.25) is 0 Å². The van der Waals surface area contributed by atoms with E-state index in [-0.39, 0.29) is 6.04 Å². The lowest BCUT2D eigenvalue weighted by molar-refractivity contribution is 0.156. The number of hydrogen-bond donors (Lipinski definition) is 1. The molecular weight excluding hydrogens is 258 g/mol. The second kappa shape index (κ2) is 5.45. The molecule has 1 aliphatic carbocycles. The number of aromatic nitrogens is 2. The third-order valence-electron chi connectivity index (χ3n) is 5.17. The first kappa shape index (κ1) is 14.6. The molecule has 0 bridgehead atoms. The number of imidazole rings is 1. The fourth-order valence-corrected chi connectivity index (χ4v) is 3.73. The molecule has 1 heterocycles. The Balaban J connectivity index is 1.83. The van der Waals surface area contributed by atoms with Crippen LogP contribution in [0.2, 0.25) is 0 Å². The van der Waals surface area contributed by atoms with E-state index in [0.29, 0.717) is 11.5 Å². The summed E-state index contributed by atoms with van der Waals surface area (Å²) in [6, 6.07) is 9.24. The van der Waals surface area contributed by atoms with Gasteiger partial charge in [0, 0.05) is 13.1 Å². The summed E-state index contributed by atoms with van der Waals surface area (Å²) in [5, 5.41) is 3.84. The summed E-state index contributed by atoms with van der Waals surface area (Å²) in [5.41, 5.74) is 2.69. The van der Waals surface area contributed by atoms with Crippen molar-refractivity contribution < 1.29 is 0 Å². The van der Waals surface area contributed by atoms with E-state index in [9.17, 15) is 0 Å². The van der Waals surface area contributed by atoms with Crippen LogP contribution < -0.4 is 5.32 Å². The largest absolute Gasteiger partial charge is 0.330 e. The van der Waals surface area contributed by atoms with Gasteiger partial charge in [-0.2, -0.15) is 0 Å². The van der Waals surface area contributed by atoms with Crippen molar-refractivity contribution in [2.24, 2.45) is 12.5 Å². The first-order chi connectivity index (χ1) is 9.99. The van der Waals surface area contributed by atoms with Crippen LogP contribution in [-0.4, -0.2) is 15.6 Å². The molecule has 3 nitrogen and oxygen atoms in total. The van der Waals surface area contributed by atoms with Crippen LogP contribution in [0.1, 0.15) is 58.3 Å². The Morgan fingerprint density at radius 1 is 1.29 bits per heavy atom. The van der Waals surface area contributed by atoms with Crippen LogP contribution in [0.3, 0.4) is 0 Å². The van der Waals surface area contributed by atoms with E-state index in [1.807, 2.05) is 0 Å². The SMILES string of the molecule is CC(NC1CCCCC1(C)C)c1nc2ccccc2n1C. The van der Waals surface area contributed by atoms with Gasteiger partial charge in [-0.25, -0.2) is 4.98 Å². The lowest BCUT2D eigenvalue weighted by Gasteiger charge is -2.40. The molecule has 2 unspecified atom stereocenters. The average Bonchev–Trinajstić information content (AvgIpc) is 2.79. The number of para-hydroxylation sites is 2. The van der Waals surface area contributed by atoms with E-state index < -0.39 is 0 Å². The Morgan fingerprint density at radius 2 is 2.05 bits per heavy atom. The van der Waals surface area contributed by atoms with Crippen LogP contribution >= 0.6 is 0 Å². The minimum Gasteiger partial charge on any atom is -0.330 e. The normalized spacial score (nSPS) is 23.3. The molecule has 1 N–H and O–H groups in total. The summed E-state index contributed by atoms with van der Waals surface area (Å²) >= 11 is 0. The van der Waals surface area contributed by atoms with E-state index in [0.717, 1.165) is 11.3 Å². The number of fused-ring (bicyclic) bond motifs is 1. The third kappa shape index (κ3) is 2.71. The maximum Gasteiger partial charge on any atom is 0.126 e. The number of nitrogens with one attached hydrogen (secondary N) is 1. The standard InChI is InChI=1S/C18H27N3/c1-13(19-16-11-7-8-12-18(16,2)3)17-20-14-9-5-6-10-15(14)21(17)4/h5-6,9-10,13,16,19H,7-8,11-12H2,1-4H3. The molecule has 2 atom stereocenters. The third-order valence-corrected chi connectivity index (χ3v) is 5.17. The second-order valence-corrected chi connectivity index (χ2v) is 7.19. The second-order valence-electron chi connectivity index (χ2n) is 7.19. The molecule has 1 aromatic heterocycles. The highest BCUT2D eigenvalue weighted by molar-refractivity contribution is 5.75. The quantitative estimate of drug-likeness (QED) is 0.916. The van der Waals surface area contributed by atoms with E-state index >= 15 is 0 Å². The predicted molar refractivity (Wildman–Crippen MR) is 88.3 cm³/mol. The van der Waals surface area contributed by atoms with Crippen molar-refractivity contribution in [2.45, 2.75) is 58.5 Å². The van der Waals surface area contributed by atoms with Gasteiger partial charge in [0.15, 0.2) is 0 Å². The monoisotopic (exact) mass is 285 g/mol. The molecule has 21 heavy (non-hydrogen) atoms. The molecule has 114 valence electrons. The summed E-state index contributed by atoms with van der Waals surface area (Å²) < 4.78 is 2.23. The molecule has 0 amide bonds. The Bertz CT molecular complexity index is 626. The molecule has 0 radical (unpaired) electrons. The molecule has 3 heteroatoms. The fourth-order valence-electron chi connectivity index (χ4n) is 3.73. The number of aryl methyl sites for hydroxylation is 1. The van der Waals surface area contributed by atoms with Gasteiger partial charge < -0.3 is 9.88 Å². The molecule has 2 aromatic rings. The van der Waals surface area contributed by atoms with Crippen LogP contribution in [-0.2, 0) is 7.05 Å². The minimum atomic E-state index is 0.282. The van der Waals surface area contributed by atoms with Crippen LogP contribution in [0.5, 0.6) is 0 Å². The molecule has 0 spiro atoms. The summed E-state index contributed by atoms with van der Waals surface area (Å²) in [4.78, 5) is 4.83. The van der Waals surface area contributed by atoms with Crippen molar-refractivity contribution in [3.8, 4) is 0 Å². The summed E-state index contributed by atoms with van der Waals surface area (Å²) in [6.07, 6.45) is 5.31. The van der Waals surface area contributed by atoms with Crippen LogP contribution in [0, 0.1) is 5.41 Å². The molecule has 1 saturated carbocycles. The molecule has 3 rings (SSSR count). The van der Waals surface area contributed by atoms with Gasteiger partial charge in [0.05, 0.1) is 17.1 Å². The van der Waals surface area contributed by atoms with E-state index in [1.54, 1.807) is 0 Å². The van der Waals surface area contributed by atoms with Crippen molar-refractivity contribution in [1.29, 1.82) is 0 Å². The van der Waals surface area contributed by atoms with Gasteiger partial charge >= 0.3 is 0 Å². The number of rotatable bonds is 3. The minimum absolute atomic E-state index is 0.282. The van der Waals surface area contributed by atoms with Gasteiger partial charge in [-0.05, 0) is 37.3 Å². The lowest BCUT2D eigenvalue weighted by atomic mass is 9.73. The first-order valence-electron chi connectivity index (χ1n) is 8.16. The van der Waals surface area contributed by atoms with Gasteiger partial charge in [0.25, 0.3) is 0 Å². The fraction of sp³-hybridized carbons (Fsp3) is 0.611. The smallest absolute Gasteiger partial charge is 0.126 e. The molecular formula is C18H27N3. The maximum absolute atomic E-state index is 4.83. The van der Waals surface area contributed by atoms with Crippen molar-refractivity contribution >= 4 is 11.0 Å². The van der Waals surface area contributed by atoms with Crippen molar-refractivity contribution in [1.82, 2.24) is 14.9 Å². The highest BCUT2D eigenvalue weighted by atomic mass is 15.1. The number of nitrogens with zero attached hydrogens (tertiary/aromatic N) is 2. The Hall–Kier alpha value is -1.35. The molecule has 1 aliphatic rings. The van der Waals surface area contributed by atoms with E-state index in [4.69, 9.17) is 4.98 Å². The zero-order valence-corrected chi connectivity index (χ0v) is 13.7. The van der Waals surface area contributed by atoms with Crippen LogP contribution in [0.15, 0.2) is 24.3 Å². The molecule has 0 aliphatic heterocycles. The molecule has 1 fully saturated rings. The topological polar surface area (TPSA) is 29.9 Å². The lowest BCUT2D eigenvalue weighted by Crippen LogP contribution is -2.45. The molecule has 1 aromatic carbocycles. The van der Waals surface area contributed by atoms with Gasteiger partial charge in [-0.15, -0.1) is 0 Å². The highest BCUT2D eigenvalue weighted by Crippen LogP contribution is 2.36. The van der Waals surface area contributed by atoms with Gasteiger partial charge in [0.1, 0.15) is 5.82 Å². The Labute approximate surface area is 127 Å². The van der Waals surface area contributed by atoms with E-state index in [2.05, 4.69) is 62.0 Å². The summed E-state index contributed by atoms with van der Waals surface area (Å²) in [6.45, 7) is 7.03. The Kier molecular flexibility index (Phi) is 3.78. The number of hydrogen-bond acceptors (Lipinski definition) is 2. The summed E-state index contributed by atoms with van der Waals surface area (Å²) in [5.74, 6) is 1.14. The highest BCUT2D eigenvalue weighted by Gasteiger charge is 2.33. The first-order valence-corrected chi connectivity index (χ1v) is 8.16. The van der Waals surface area contributed by atoms with Crippen molar-refractivity contribution in [3.05, 3.63) is 30.1 Å². The predicted octanol–water partition coefficient (Wildman–Crippen LogP) is 4.19. The number of benzene rings is 1. The zero-order chi connectivity index (χ0) is 15.0.